The number of hydrogen-bond acceptors (Lipinski definition) is 7. The van der Waals surface area contributed by atoms with Crippen LogP contribution >= 0.6 is 11.3 Å². The molecule has 1 unspecified atom stereocenters. The molecule has 0 radical (unpaired) electrons. The van der Waals surface area contributed by atoms with E-state index in [2.05, 4.69) is 10.3 Å². The number of rotatable bonds is 4. The molecule has 1 amide bonds. The summed E-state index contributed by atoms with van der Waals surface area (Å²) in [5.41, 5.74) is 0.816. The summed E-state index contributed by atoms with van der Waals surface area (Å²) < 4.78 is 38.5. The van der Waals surface area contributed by atoms with E-state index in [-0.39, 0.29) is 19.1 Å². The first-order valence-electron chi connectivity index (χ1n) is 8.70. The van der Waals surface area contributed by atoms with E-state index in [0.717, 1.165) is 10.6 Å². The van der Waals surface area contributed by atoms with Crippen molar-refractivity contribution >= 4 is 32.6 Å². The zero-order chi connectivity index (χ0) is 19.9. The number of nitrogens with one attached hydrogen (secondary N) is 1. The summed E-state index contributed by atoms with van der Waals surface area (Å²) in [5, 5.41) is 3.19. The zero-order valence-corrected chi connectivity index (χ0v) is 17.0. The molecule has 0 bridgehead atoms. The van der Waals surface area contributed by atoms with Crippen LogP contribution in [0.15, 0.2) is 24.3 Å². The Morgan fingerprint density at radius 3 is 2.82 bits per heavy atom. The van der Waals surface area contributed by atoms with Crippen molar-refractivity contribution in [2.45, 2.75) is 19.1 Å². The number of benzene rings is 1. The highest BCUT2D eigenvalue weighted by Crippen LogP contribution is 2.32. The fourth-order valence-electron chi connectivity index (χ4n) is 2.99. The van der Waals surface area contributed by atoms with Crippen LogP contribution in [0.2, 0.25) is 0 Å². The molecule has 28 heavy (non-hydrogen) atoms. The molecular weight excluding hydrogens is 404 g/mol. The highest BCUT2D eigenvalue weighted by atomic mass is 32.2. The van der Waals surface area contributed by atoms with Crippen LogP contribution in [0.5, 0.6) is 11.5 Å². The summed E-state index contributed by atoms with van der Waals surface area (Å²) in [7, 11) is -0.465. The molecule has 0 saturated heterocycles. The lowest BCUT2D eigenvalue weighted by Crippen LogP contribution is -2.42. The minimum absolute atomic E-state index is 0.114. The van der Waals surface area contributed by atoms with Crippen molar-refractivity contribution in [1.82, 2.24) is 13.6 Å². The molecule has 1 atom stereocenters. The first-order valence-corrected chi connectivity index (χ1v) is 10.9. The molecule has 0 spiro atoms. The van der Waals surface area contributed by atoms with Crippen molar-refractivity contribution in [2.24, 2.45) is 0 Å². The van der Waals surface area contributed by atoms with Gasteiger partial charge in [0.15, 0.2) is 16.6 Å². The van der Waals surface area contributed by atoms with Crippen LogP contribution in [0.3, 0.4) is 0 Å². The number of aromatic nitrogens is 1. The predicted molar refractivity (Wildman–Crippen MR) is 104 cm³/mol. The Balaban J connectivity index is 1.44. The number of fused-ring (bicyclic) bond motifs is 2. The third-order valence-electron chi connectivity index (χ3n) is 4.52. The number of anilines is 1. The van der Waals surface area contributed by atoms with Crippen LogP contribution in [0.4, 0.5) is 5.13 Å². The van der Waals surface area contributed by atoms with Gasteiger partial charge in [0.2, 0.25) is 6.10 Å². The van der Waals surface area contributed by atoms with Crippen molar-refractivity contribution < 1.29 is 22.7 Å². The maximum absolute atomic E-state index is 12.5. The summed E-state index contributed by atoms with van der Waals surface area (Å²) in [6.07, 6.45) is -0.271. The molecule has 9 nitrogen and oxygen atoms in total. The quantitative estimate of drug-likeness (QED) is 0.788. The fourth-order valence-corrected chi connectivity index (χ4v) is 5.17. The molecule has 4 rings (SSSR count). The summed E-state index contributed by atoms with van der Waals surface area (Å²) >= 11 is 1.28. The molecule has 3 heterocycles. The van der Waals surface area contributed by atoms with Gasteiger partial charge in [-0.25, -0.2) is 4.98 Å². The first-order chi connectivity index (χ1) is 13.3. The van der Waals surface area contributed by atoms with E-state index in [4.69, 9.17) is 9.47 Å². The molecule has 0 aliphatic carbocycles. The minimum Gasteiger partial charge on any atom is -0.485 e. The van der Waals surface area contributed by atoms with Crippen LogP contribution in [-0.4, -0.2) is 61.3 Å². The average Bonchev–Trinajstić information content (AvgIpc) is 3.08. The number of nitrogens with zero attached hydrogens (tertiary/aromatic N) is 3. The van der Waals surface area contributed by atoms with E-state index >= 15 is 0 Å². The Hall–Kier alpha value is -2.21. The van der Waals surface area contributed by atoms with Crippen LogP contribution in [0.25, 0.3) is 0 Å². The zero-order valence-electron chi connectivity index (χ0n) is 15.4. The predicted octanol–water partition coefficient (Wildman–Crippen LogP) is 1.09. The first kappa shape index (κ1) is 19.1. The maximum atomic E-state index is 12.5. The Kier molecular flexibility index (Phi) is 5.00. The lowest BCUT2D eigenvalue weighted by Gasteiger charge is -2.27. The van der Waals surface area contributed by atoms with Gasteiger partial charge in [-0.2, -0.15) is 17.0 Å². The van der Waals surface area contributed by atoms with Gasteiger partial charge in [0.1, 0.15) is 6.61 Å². The van der Waals surface area contributed by atoms with E-state index in [1.54, 1.807) is 12.1 Å². The fraction of sp³-hybridized carbons (Fsp3) is 0.412. The summed E-state index contributed by atoms with van der Waals surface area (Å²) in [4.78, 5) is 17.8. The average molecular weight is 425 g/mol. The molecule has 2 aliphatic rings. The Morgan fingerprint density at radius 1 is 1.32 bits per heavy atom. The van der Waals surface area contributed by atoms with E-state index in [1.165, 1.54) is 34.0 Å². The van der Waals surface area contributed by atoms with Gasteiger partial charge in [-0.3, -0.25) is 10.1 Å². The monoisotopic (exact) mass is 424 g/mol. The topological polar surface area (TPSA) is 101 Å². The molecule has 11 heteroatoms. The van der Waals surface area contributed by atoms with Gasteiger partial charge >= 0.3 is 0 Å². The van der Waals surface area contributed by atoms with Crippen LogP contribution < -0.4 is 14.8 Å². The second kappa shape index (κ2) is 7.32. The van der Waals surface area contributed by atoms with Gasteiger partial charge < -0.3 is 9.47 Å². The number of ether oxygens (including phenoxy) is 2. The number of carbonyl (C=O) groups excluding carboxylic acids is 1. The smallest absolute Gasteiger partial charge is 0.281 e. The Bertz CT molecular complexity index is 1000. The van der Waals surface area contributed by atoms with Crippen LogP contribution in [0, 0.1) is 0 Å². The third-order valence-corrected chi connectivity index (χ3v) is 7.40. The lowest BCUT2D eigenvalue weighted by atomic mass is 10.2. The summed E-state index contributed by atoms with van der Waals surface area (Å²) in [6.45, 7) is 0.726. The van der Waals surface area contributed by atoms with Crippen molar-refractivity contribution in [3.63, 3.8) is 0 Å². The van der Waals surface area contributed by atoms with E-state index in [9.17, 15) is 13.2 Å². The van der Waals surface area contributed by atoms with Gasteiger partial charge in [0.05, 0.1) is 12.2 Å². The molecule has 150 valence electrons. The standard InChI is InChI=1S/C17H20N4O5S2/c1-20(2)28(23,24)21-8-7-11-15(9-21)27-17(18-11)19-16(22)14-10-25-12-5-3-4-6-13(12)26-14/h3-6,14H,7-10H2,1-2H3,(H,18,19,22). The van der Waals surface area contributed by atoms with Crippen molar-refractivity contribution in [1.29, 1.82) is 0 Å². The minimum atomic E-state index is -3.48. The van der Waals surface area contributed by atoms with Crippen molar-refractivity contribution in [2.75, 3.05) is 32.6 Å². The highest BCUT2D eigenvalue weighted by molar-refractivity contribution is 7.86. The largest absolute Gasteiger partial charge is 0.485 e. The van der Waals surface area contributed by atoms with Gasteiger partial charge in [-0.05, 0) is 12.1 Å². The van der Waals surface area contributed by atoms with E-state index in [0.29, 0.717) is 29.6 Å². The molecule has 0 fully saturated rings. The van der Waals surface area contributed by atoms with Gasteiger partial charge in [0, 0.05) is 31.9 Å². The van der Waals surface area contributed by atoms with Crippen LogP contribution in [-0.2, 0) is 28.0 Å². The second-order valence-corrected chi connectivity index (χ2v) is 9.84. The molecule has 1 aromatic carbocycles. The third kappa shape index (κ3) is 3.58. The molecule has 1 N–H and O–H groups in total. The molecular formula is C17H20N4O5S2. The highest BCUT2D eigenvalue weighted by Gasteiger charge is 2.32. The SMILES string of the molecule is CN(C)S(=O)(=O)N1CCc2nc(NC(=O)C3COc4ccccc4O3)sc2C1. The Morgan fingerprint density at radius 2 is 2.07 bits per heavy atom. The molecule has 1 aromatic heterocycles. The van der Waals surface area contributed by atoms with E-state index < -0.39 is 16.3 Å². The second-order valence-electron chi connectivity index (χ2n) is 6.62. The van der Waals surface area contributed by atoms with Crippen molar-refractivity contribution in [3.05, 3.63) is 34.8 Å². The number of amides is 1. The van der Waals surface area contributed by atoms with E-state index in [1.807, 2.05) is 12.1 Å². The molecule has 2 aromatic rings. The van der Waals surface area contributed by atoms with Gasteiger partial charge in [-0.15, -0.1) is 11.3 Å². The van der Waals surface area contributed by atoms with Crippen molar-refractivity contribution in [3.8, 4) is 11.5 Å². The summed E-state index contributed by atoms with van der Waals surface area (Å²) in [5.74, 6) is 0.786. The van der Waals surface area contributed by atoms with Gasteiger partial charge in [-0.1, -0.05) is 12.1 Å². The number of thiazole rings is 1. The maximum Gasteiger partial charge on any atom is 0.281 e. The van der Waals surface area contributed by atoms with Crippen LogP contribution in [0.1, 0.15) is 10.6 Å². The molecule has 2 aliphatic heterocycles. The number of para-hydroxylation sites is 2. The molecule has 0 saturated carbocycles. The normalized spacial score (nSPS) is 19.3. The lowest BCUT2D eigenvalue weighted by molar-refractivity contribution is -0.125. The number of carbonyl (C=O) groups is 1. The number of hydrogen-bond donors (Lipinski definition) is 1. The Labute approximate surface area is 167 Å². The summed E-state index contributed by atoms with van der Waals surface area (Å²) in [6, 6.07) is 7.18. The van der Waals surface area contributed by atoms with Gasteiger partial charge in [0.25, 0.3) is 16.1 Å².